The molecule has 2 N–H and O–H groups in total. The van der Waals surface area contributed by atoms with Crippen molar-refractivity contribution in [2.75, 3.05) is 0 Å². The molecule has 1 heterocycles. The maximum atomic E-state index is 12.8. The number of nitriles is 1. The van der Waals surface area contributed by atoms with Crippen molar-refractivity contribution in [3.63, 3.8) is 0 Å². The molecule has 2 aromatic carbocycles. The Morgan fingerprint density at radius 2 is 1.87 bits per heavy atom. The number of Topliss-reactive ketones (excluding diaryl/α,β-unsaturated/α-hetero) is 1. The molecule has 3 aromatic rings. The van der Waals surface area contributed by atoms with E-state index in [1.54, 1.807) is 12.1 Å². The van der Waals surface area contributed by atoms with E-state index in [4.69, 9.17) is 0 Å². The minimum Gasteiger partial charge on any atom is -0.508 e. The van der Waals surface area contributed by atoms with E-state index in [1.165, 1.54) is 18.2 Å². The van der Waals surface area contributed by atoms with Crippen LogP contribution >= 0.6 is 0 Å². The summed E-state index contributed by atoms with van der Waals surface area (Å²) >= 11 is 0. The summed E-state index contributed by atoms with van der Waals surface area (Å²) in [6, 6.07) is 15.8. The number of allylic oxidation sites excluding steroid dienone is 1. The number of aromatic nitrogens is 1. The van der Waals surface area contributed by atoms with E-state index < -0.39 is 0 Å². The maximum Gasteiger partial charge on any atom is 0.205 e. The van der Waals surface area contributed by atoms with Crippen LogP contribution in [0, 0.1) is 18.3 Å². The molecule has 23 heavy (non-hydrogen) atoms. The van der Waals surface area contributed by atoms with Crippen molar-refractivity contribution < 1.29 is 9.90 Å². The molecule has 112 valence electrons. The Morgan fingerprint density at radius 3 is 2.57 bits per heavy atom. The number of fused-ring (bicyclic) bond motifs is 1. The van der Waals surface area contributed by atoms with Crippen LogP contribution in [0.2, 0.25) is 0 Å². The minimum atomic E-state index is -0.310. The molecule has 0 spiro atoms. The highest BCUT2D eigenvalue weighted by molar-refractivity contribution is 6.20. The number of H-pyrrole nitrogens is 1. The first-order valence-electron chi connectivity index (χ1n) is 7.13. The van der Waals surface area contributed by atoms with Gasteiger partial charge in [-0.3, -0.25) is 4.79 Å². The Labute approximate surface area is 133 Å². The highest BCUT2D eigenvalue weighted by atomic mass is 16.3. The molecule has 3 rings (SSSR count). The van der Waals surface area contributed by atoms with E-state index in [1.807, 2.05) is 37.3 Å². The van der Waals surface area contributed by atoms with Gasteiger partial charge < -0.3 is 10.1 Å². The lowest BCUT2D eigenvalue weighted by Crippen LogP contribution is -2.03. The number of nitrogens with one attached hydrogen (secondary N) is 1. The van der Waals surface area contributed by atoms with Gasteiger partial charge in [-0.05, 0) is 36.8 Å². The van der Waals surface area contributed by atoms with Crippen LogP contribution in [0.1, 0.15) is 21.6 Å². The third-order valence-electron chi connectivity index (χ3n) is 3.69. The van der Waals surface area contributed by atoms with Gasteiger partial charge in [-0.25, -0.2) is 0 Å². The Balaban J connectivity index is 2.08. The number of phenolic OH excluding ortho intramolecular Hbond substituents is 1. The average Bonchev–Trinajstić information content (AvgIpc) is 2.89. The summed E-state index contributed by atoms with van der Waals surface area (Å²) in [5.41, 5.74) is 2.87. The molecule has 0 radical (unpaired) electrons. The lowest BCUT2D eigenvalue weighted by Gasteiger charge is -2.01. The van der Waals surface area contributed by atoms with Gasteiger partial charge in [0.2, 0.25) is 5.78 Å². The molecule has 0 bridgehead atoms. The normalized spacial score (nSPS) is 11.4. The zero-order valence-electron chi connectivity index (χ0n) is 12.5. The monoisotopic (exact) mass is 302 g/mol. The molecule has 1 aromatic heterocycles. The van der Waals surface area contributed by atoms with Gasteiger partial charge >= 0.3 is 0 Å². The molecule has 0 amide bonds. The van der Waals surface area contributed by atoms with Gasteiger partial charge in [-0.2, -0.15) is 5.26 Å². The molecule has 0 saturated heterocycles. The van der Waals surface area contributed by atoms with Gasteiger partial charge in [0.25, 0.3) is 0 Å². The van der Waals surface area contributed by atoms with Crippen LogP contribution in [-0.4, -0.2) is 15.9 Å². The van der Waals surface area contributed by atoms with Gasteiger partial charge in [0, 0.05) is 16.6 Å². The van der Waals surface area contributed by atoms with Crippen LogP contribution in [0.15, 0.2) is 54.1 Å². The van der Waals surface area contributed by atoms with Crippen molar-refractivity contribution in [3.8, 4) is 11.8 Å². The maximum absolute atomic E-state index is 12.8. The molecular formula is C19H14N2O2. The zero-order chi connectivity index (χ0) is 16.4. The van der Waals surface area contributed by atoms with E-state index in [9.17, 15) is 15.2 Å². The van der Waals surface area contributed by atoms with E-state index in [-0.39, 0.29) is 17.1 Å². The van der Waals surface area contributed by atoms with Gasteiger partial charge in [-0.15, -0.1) is 0 Å². The van der Waals surface area contributed by atoms with Crippen LogP contribution in [0.25, 0.3) is 17.0 Å². The van der Waals surface area contributed by atoms with Crippen molar-refractivity contribution in [1.82, 2.24) is 4.98 Å². The second kappa shape index (κ2) is 5.82. The fourth-order valence-electron chi connectivity index (χ4n) is 2.59. The Bertz CT molecular complexity index is 957. The number of aromatic hydroxyl groups is 1. The smallest absolute Gasteiger partial charge is 0.205 e. The molecule has 4 heteroatoms. The molecule has 0 atom stereocenters. The van der Waals surface area contributed by atoms with Crippen molar-refractivity contribution in [2.45, 2.75) is 6.92 Å². The zero-order valence-corrected chi connectivity index (χ0v) is 12.5. The fraction of sp³-hybridized carbons (Fsp3) is 0.0526. The van der Waals surface area contributed by atoms with Crippen molar-refractivity contribution in [2.24, 2.45) is 0 Å². The summed E-state index contributed by atoms with van der Waals surface area (Å²) in [4.78, 5) is 16.0. The van der Waals surface area contributed by atoms with Crippen LogP contribution < -0.4 is 0 Å². The third kappa shape index (κ3) is 2.72. The van der Waals surface area contributed by atoms with Crippen LogP contribution in [0.3, 0.4) is 0 Å². The van der Waals surface area contributed by atoms with Crippen LogP contribution in [0.4, 0.5) is 0 Å². The number of nitrogens with zero attached hydrogens (tertiary/aromatic N) is 1. The number of ketones is 1. The number of carbonyl (C=O) groups is 1. The van der Waals surface area contributed by atoms with Crippen molar-refractivity contribution in [3.05, 3.63) is 70.9 Å². The first-order valence-corrected chi connectivity index (χ1v) is 7.13. The SMILES string of the molecule is Cc1[nH]c2ccccc2c1C(=O)/C(C#N)=C/c1ccc(O)cc1. The fourth-order valence-corrected chi connectivity index (χ4v) is 2.59. The molecule has 0 saturated carbocycles. The third-order valence-corrected chi connectivity index (χ3v) is 3.69. The van der Waals surface area contributed by atoms with Crippen LogP contribution in [-0.2, 0) is 0 Å². The average molecular weight is 302 g/mol. The second-order valence-electron chi connectivity index (χ2n) is 5.26. The Kier molecular flexibility index (Phi) is 3.70. The molecule has 4 nitrogen and oxygen atoms in total. The summed E-state index contributed by atoms with van der Waals surface area (Å²) in [7, 11) is 0. The number of carbonyl (C=O) groups excluding carboxylic acids is 1. The minimum absolute atomic E-state index is 0.0588. The largest absolute Gasteiger partial charge is 0.508 e. The first-order chi connectivity index (χ1) is 11.1. The molecule has 0 aliphatic heterocycles. The Morgan fingerprint density at radius 1 is 1.17 bits per heavy atom. The lowest BCUT2D eigenvalue weighted by molar-refractivity contribution is 0.104. The highest BCUT2D eigenvalue weighted by Gasteiger charge is 2.19. The lowest BCUT2D eigenvalue weighted by atomic mass is 9.99. The van der Waals surface area contributed by atoms with Gasteiger partial charge in [0.15, 0.2) is 0 Å². The number of hydrogen-bond acceptors (Lipinski definition) is 3. The topological polar surface area (TPSA) is 76.9 Å². The van der Waals surface area contributed by atoms with Crippen molar-refractivity contribution in [1.29, 1.82) is 5.26 Å². The predicted octanol–water partition coefficient (Wildman–Crippen LogP) is 3.97. The summed E-state index contributed by atoms with van der Waals surface area (Å²) in [6.07, 6.45) is 1.53. The number of rotatable bonds is 3. The highest BCUT2D eigenvalue weighted by Crippen LogP contribution is 2.25. The summed E-state index contributed by atoms with van der Waals surface area (Å²) in [6.45, 7) is 1.82. The Hall–Kier alpha value is -3.32. The summed E-state index contributed by atoms with van der Waals surface area (Å²) in [5, 5.41) is 19.5. The molecular weight excluding hydrogens is 288 g/mol. The van der Waals surface area contributed by atoms with Gasteiger partial charge in [0.1, 0.15) is 17.4 Å². The summed E-state index contributed by atoms with van der Waals surface area (Å²) < 4.78 is 0. The van der Waals surface area contributed by atoms with E-state index in [0.29, 0.717) is 11.1 Å². The first kappa shape index (κ1) is 14.6. The summed E-state index contributed by atoms with van der Waals surface area (Å²) in [5.74, 6) is -0.171. The quantitative estimate of drug-likeness (QED) is 0.436. The number of para-hydroxylation sites is 1. The van der Waals surface area contributed by atoms with Crippen molar-refractivity contribution >= 4 is 22.8 Å². The van der Waals surface area contributed by atoms with Gasteiger partial charge in [-0.1, -0.05) is 30.3 Å². The molecule has 0 aliphatic rings. The molecule has 0 fully saturated rings. The number of aryl methyl sites for hydroxylation is 1. The number of benzene rings is 2. The van der Waals surface area contributed by atoms with E-state index in [0.717, 1.165) is 16.6 Å². The van der Waals surface area contributed by atoms with E-state index in [2.05, 4.69) is 4.98 Å². The van der Waals surface area contributed by atoms with Crippen LogP contribution in [0.5, 0.6) is 5.75 Å². The number of phenols is 1. The molecule has 0 unspecified atom stereocenters. The van der Waals surface area contributed by atoms with Gasteiger partial charge in [0.05, 0.1) is 5.56 Å². The predicted molar refractivity (Wildman–Crippen MR) is 89.1 cm³/mol. The second-order valence-corrected chi connectivity index (χ2v) is 5.26. The molecule has 0 aliphatic carbocycles. The number of hydrogen-bond donors (Lipinski definition) is 2. The number of aromatic amines is 1. The van der Waals surface area contributed by atoms with E-state index >= 15 is 0 Å². The standard InChI is InChI=1S/C19H14N2O2/c1-12-18(16-4-2-3-5-17(16)21-12)19(23)14(11-20)10-13-6-8-15(22)9-7-13/h2-10,21-22H,1H3/b14-10+.